The molecule has 0 atom stereocenters. The van der Waals surface area contributed by atoms with Crippen LogP contribution in [0.25, 0.3) is 0 Å². The molecule has 0 amide bonds. The molecule has 0 spiro atoms. The Morgan fingerprint density at radius 3 is 2.44 bits per heavy atom. The number of ether oxygens (including phenoxy) is 3. The molecule has 0 saturated carbocycles. The van der Waals surface area contributed by atoms with Crippen molar-refractivity contribution in [1.82, 2.24) is 4.90 Å². The summed E-state index contributed by atoms with van der Waals surface area (Å²) in [6.07, 6.45) is 0.847. The third kappa shape index (κ3) is 5.86. The van der Waals surface area contributed by atoms with E-state index < -0.39 is 0 Å². The summed E-state index contributed by atoms with van der Waals surface area (Å²) in [4.78, 5) is 12.7. The summed E-state index contributed by atoms with van der Waals surface area (Å²) in [5.41, 5.74) is 1.85. The number of rotatable bonds is 10. The van der Waals surface area contributed by atoms with E-state index in [2.05, 4.69) is 4.90 Å². The van der Waals surface area contributed by atoms with Crippen LogP contribution in [0.5, 0.6) is 17.2 Å². The number of hydrogen-bond acceptors (Lipinski definition) is 6. The molecule has 0 N–H and O–H groups in total. The maximum atomic E-state index is 10.8. The summed E-state index contributed by atoms with van der Waals surface area (Å²) in [5, 5.41) is 10.8. The van der Waals surface area contributed by atoms with Crippen LogP contribution < -0.4 is 14.2 Å². The molecule has 0 radical (unpaired) electrons. The zero-order valence-corrected chi connectivity index (χ0v) is 16.2. The van der Waals surface area contributed by atoms with Gasteiger partial charge in [-0.25, -0.2) is 0 Å². The van der Waals surface area contributed by atoms with Crippen LogP contribution in [0.4, 0.5) is 5.69 Å². The summed E-state index contributed by atoms with van der Waals surface area (Å²) >= 11 is 0. The number of nitro benzene ring substituents is 1. The average molecular weight is 374 g/mol. The zero-order chi connectivity index (χ0) is 19.8. The van der Waals surface area contributed by atoms with Crippen molar-refractivity contribution in [3.63, 3.8) is 0 Å². The van der Waals surface area contributed by atoms with Gasteiger partial charge in [0, 0.05) is 24.7 Å². The van der Waals surface area contributed by atoms with Crippen molar-refractivity contribution >= 4 is 5.69 Å². The van der Waals surface area contributed by atoms with Crippen LogP contribution in [0.1, 0.15) is 17.5 Å². The van der Waals surface area contributed by atoms with Crippen molar-refractivity contribution in [3.05, 3.63) is 57.6 Å². The first kappa shape index (κ1) is 20.5. The third-order valence-electron chi connectivity index (χ3n) is 4.22. The van der Waals surface area contributed by atoms with Gasteiger partial charge in [0.1, 0.15) is 5.75 Å². The largest absolute Gasteiger partial charge is 0.494 e. The van der Waals surface area contributed by atoms with Gasteiger partial charge in [0.2, 0.25) is 0 Å². The van der Waals surface area contributed by atoms with Crippen molar-refractivity contribution in [3.8, 4) is 17.2 Å². The van der Waals surface area contributed by atoms with E-state index in [4.69, 9.17) is 14.2 Å². The average Bonchev–Trinajstić information content (AvgIpc) is 2.64. The van der Waals surface area contributed by atoms with E-state index in [0.29, 0.717) is 17.9 Å². The summed E-state index contributed by atoms with van der Waals surface area (Å²) < 4.78 is 16.3. The van der Waals surface area contributed by atoms with Crippen LogP contribution >= 0.6 is 0 Å². The Labute approximate surface area is 159 Å². The Morgan fingerprint density at radius 1 is 1.07 bits per heavy atom. The van der Waals surface area contributed by atoms with Gasteiger partial charge in [0.15, 0.2) is 11.5 Å². The fraction of sp³-hybridized carbons (Fsp3) is 0.400. The van der Waals surface area contributed by atoms with Crippen LogP contribution in [0.2, 0.25) is 0 Å². The van der Waals surface area contributed by atoms with Crippen molar-refractivity contribution in [2.75, 3.05) is 34.4 Å². The minimum absolute atomic E-state index is 0.108. The fourth-order valence-electron chi connectivity index (χ4n) is 2.82. The second kappa shape index (κ2) is 9.78. The number of benzene rings is 2. The molecule has 0 saturated heterocycles. The van der Waals surface area contributed by atoms with Gasteiger partial charge in [0.25, 0.3) is 5.69 Å². The second-order valence-corrected chi connectivity index (χ2v) is 6.33. The Hall–Kier alpha value is -2.80. The maximum Gasteiger partial charge on any atom is 0.272 e. The van der Waals surface area contributed by atoms with E-state index in [0.717, 1.165) is 36.6 Å². The lowest BCUT2D eigenvalue weighted by Gasteiger charge is -2.18. The number of hydrogen-bond donors (Lipinski definition) is 0. The Balaban J connectivity index is 1.78. The van der Waals surface area contributed by atoms with Gasteiger partial charge in [0.05, 0.1) is 25.7 Å². The molecule has 7 nitrogen and oxygen atoms in total. The first-order valence-electron chi connectivity index (χ1n) is 8.72. The van der Waals surface area contributed by atoms with Gasteiger partial charge in [-0.1, -0.05) is 6.07 Å². The van der Waals surface area contributed by atoms with E-state index >= 15 is 0 Å². The molecule has 0 fully saturated rings. The minimum Gasteiger partial charge on any atom is -0.494 e. The highest BCUT2D eigenvalue weighted by Gasteiger charge is 2.11. The van der Waals surface area contributed by atoms with Gasteiger partial charge in [-0.05, 0) is 50.2 Å². The molecule has 0 aromatic heterocycles. The topological polar surface area (TPSA) is 74.1 Å². The second-order valence-electron chi connectivity index (χ2n) is 6.33. The zero-order valence-electron chi connectivity index (χ0n) is 16.2. The summed E-state index contributed by atoms with van der Waals surface area (Å²) in [6.45, 7) is 3.91. The lowest BCUT2D eigenvalue weighted by molar-refractivity contribution is -0.385. The highest BCUT2D eigenvalue weighted by atomic mass is 16.6. The van der Waals surface area contributed by atoms with Gasteiger partial charge < -0.3 is 19.1 Å². The van der Waals surface area contributed by atoms with Crippen LogP contribution in [0.15, 0.2) is 36.4 Å². The third-order valence-corrected chi connectivity index (χ3v) is 4.22. The van der Waals surface area contributed by atoms with E-state index in [1.165, 1.54) is 6.07 Å². The van der Waals surface area contributed by atoms with Crippen molar-refractivity contribution < 1.29 is 19.1 Å². The lowest BCUT2D eigenvalue weighted by atomic mass is 10.2. The molecule has 0 aliphatic carbocycles. The first-order chi connectivity index (χ1) is 12.9. The van der Waals surface area contributed by atoms with Crippen molar-refractivity contribution in [2.45, 2.75) is 19.9 Å². The molecule has 7 heteroatoms. The molecular weight excluding hydrogens is 348 g/mol. The van der Waals surface area contributed by atoms with Crippen LogP contribution in [0.3, 0.4) is 0 Å². The summed E-state index contributed by atoms with van der Waals surface area (Å²) in [7, 11) is 5.30. The molecule has 27 heavy (non-hydrogen) atoms. The Bertz CT molecular complexity index is 779. The van der Waals surface area contributed by atoms with Gasteiger partial charge in [-0.15, -0.1) is 0 Å². The molecule has 0 bridgehead atoms. The monoisotopic (exact) mass is 374 g/mol. The Kier molecular flexibility index (Phi) is 7.43. The fourth-order valence-corrected chi connectivity index (χ4v) is 2.82. The van der Waals surface area contributed by atoms with E-state index in [1.807, 2.05) is 25.2 Å². The number of nitrogens with zero attached hydrogens (tertiary/aromatic N) is 2. The molecule has 2 aromatic rings. The Morgan fingerprint density at radius 2 is 1.81 bits per heavy atom. The predicted octanol–water partition coefficient (Wildman–Crippen LogP) is 3.82. The number of nitro groups is 1. The van der Waals surface area contributed by atoms with Crippen molar-refractivity contribution in [1.29, 1.82) is 0 Å². The lowest BCUT2D eigenvalue weighted by Crippen LogP contribution is -2.20. The van der Waals surface area contributed by atoms with Crippen LogP contribution in [-0.4, -0.2) is 44.2 Å². The molecule has 2 rings (SSSR count). The predicted molar refractivity (Wildman–Crippen MR) is 104 cm³/mol. The van der Waals surface area contributed by atoms with E-state index in [1.54, 1.807) is 33.3 Å². The van der Waals surface area contributed by atoms with E-state index in [-0.39, 0.29) is 10.6 Å². The van der Waals surface area contributed by atoms with Gasteiger partial charge in [-0.2, -0.15) is 0 Å². The molecule has 0 aliphatic heterocycles. The summed E-state index contributed by atoms with van der Waals surface area (Å²) in [5.74, 6) is 2.09. The minimum atomic E-state index is -0.387. The van der Waals surface area contributed by atoms with Crippen molar-refractivity contribution in [2.24, 2.45) is 0 Å². The summed E-state index contributed by atoms with van der Waals surface area (Å²) in [6, 6.07) is 10.7. The van der Waals surface area contributed by atoms with Gasteiger partial charge in [-0.3, -0.25) is 10.1 Å². The smallest absolute Gasteiger partial charge is 0.272 e. The quantitative estimate of drug-likeness (QED) is 0.358. The standard InChI is InChI=1S/C20H26N2O5/c1-15-12-17(7-8-18(15)22(23)24)27-11-5-10-21(2)14-16-6-9-19(25-3)20(13-16)26-4/h6-9,12-13H,5,10-11,14H2,1-4H3. The number of aryl methyl sites for hydroxylation is 1. The SMILES string of the molecule is COc1ccc(CN(C)CCCOc2ccc([N+](=O)[O-])c(C)c2)cc1OC. The van der Waals surface area contributed by atoms with Gasteiger partial charge >= 0.3 is 0 Å². The highest BCUT2D eigenvalue weighted by Crippen LogP contribution is 2.28. The highest BCUT2D eigenvalue weighted by molar-refractivity contribution is 5.44. The maximum absolute atomic E-state index is 10.8. The molecular formula is C20H26N2O5. The van der Waals surface area contributed by atoms with E-state index in [9.17, 15) is 10.1 Å². The number of methoxy groups -OCH3 is 2. The van der Waals surface area contributed by atoms with Crippen LogP contribution in [0, 0.1) is 17.0 Å². The molecule has 2 aromatic carbocycles. The molecule has 0 unspecified atom stereocenters. The molecule has 0 heterocycles. The first-order valence-corrected chi connectivity index (χ1v) is 8.72. The van der Waals surface area contributed by atoms with Crippen LogP contribution in [-0.2, 0) is 6.54 Å². The molecule has 146 valence electrons. The molecule has 0 aliphatic rings. The normalized spacial score (nSPS) is 10.7.